The summed E-state index contributed by atoms with van der Waals surface area (Å²) in [4.78, 5) is 35.7. The second kappa shape index (κ2) is 11.2. The van der Waals surface area contributed by atoms with Gasteiger partial charge in [-0.2, -0.15) is 0 Å². The first kappa shape index (κ1) is 25.8. The lowest BCUT2D eigenvalue weighted by Crippen LogP contribution is -2.17. The minimum Gasteiger partial charge on any atom is -0.505 e. The van der Waals surface area contributed by atoms with Gasteiger partial charge in [0.15, 0.2) is 5.75 Å². The van der Waals surface area contributed by atoms with Gasteiger partial charge in [-0.05, 0) is 42.6 Å². The number of phenols is 1. The van der Waals surface area contributed by atoms with E-state index < -0.39 is 16.6 Å². The maximum absolute atomic E-state index is 13.1. The quantitative estimate of drug-likeness (QED) is 0.152. The van der Waals surface area contributed by atoms with Crippen molar-refractivity contribution in [1.29, 1.82) is 0 Å². The van der Waals surface area contributed by atoms with Gasteiger partial charge in [0.2, 0.25) is 0 Å². The van der Waals surface area contributed by atoms with Gasteiger partial charge in [-0.15, -0.1) is 10.2 Å². The summed E-state index contributed by atoms with van der Waals surface area (Å²) in [5.74, 6) is -1.07. The molecular weight excluding hydrogens is 490 g/mol. The molecule has 2 amide bonds. The Hall–Kier alpha value is -5.32. The normalized spacial score (nSPS) is 10.9. The van der Waals surface area contributed by atoms with Gasteiger partial charge in [0.1, 0.15) is 17.1 Å². The molecule has 0 aliphatic rings. The molecule has 4 aromatic rings. The van der Waals surface area contributed by atoms with E-state index in [0.717, 1.165) is 0 Å². The van der Waals surface area contributed by atoms with Gasteiger partial charge in [-0.25, -0.2) is 0 Å². The van der Waals surface area contributed by atoms with Crippen LogP contribution in [0.25, 0.3) is 10.8 Å². The Morgan fingerprint density at radius 1 is 1.00 bits per heavy atom. The zero-order chi connectivity index (χ0) is 27.2. The predicted molar refractivity (Wildman–Crippen MR) is 142 cm³/mol. The van der Waals surface area contributed by atoms with Crippen molar-refractivity contribution < 1.29 is 24.4 Å². The van der Waals surface area contributed by atoms with Crippen LogP contribution in [0.5, 0.6) is 11.5 Å². The Bertz CT molecular complexity index is 1580. The molecular formula is C27H23N5O6. The minimum absolute atomic E-state index is 0.0279. The van der Waals surface area contributed by atoms with E-state index in [2.05, 4.69) is 20.9 Å². The van der Waals surface area contributed by atoms with Crippen LogP contribution in [0.4, 0.5) is 22.7 Å². The summed E-state index contributed by atoms with van der Waals surface area (Å²) in [6.07, 6.45) is 0. The number of carbonyl (C=O) groups is 2. The number of hydrogen-bond acceptors (Lipinski definition) is 8. The van der Waals surface area contributed by atoms with Gasteiger partial charge in [-0.1, -0.05) is 30.3 Å². The molecule has 0 aliphatic heterocycles. The lowest BCUT2D eigenvalue weighted by atomic mass is 10.0. The number of azo groups is 1. The van der Waals surface area contributed by atoms with E-state index in [9.17, 15) is 24.8 Å². The molecule has 0 heterocycles. The Morgan fingerprint density at radius 3 is 2.53 bits per heavy atom. The van der Waals surface area contributed by atoms with Crippen LogP contribution in [0.15, 0.2) is 83.0 Å². The number of fused-ring (bicyclic) bond motifs is 1. The number of non-ortho nitro benzene ring substituents is 1. The van der Waals surface area contributed by atoms with Crippen LogP contribution >= 0.6 is 0 Å². The molecule has 38 heavy (non-hydrogen) atoms. The molecule has 4 aromatic carbocycles. The third kappa shape index (κ3) is 5.41. The number of aromatic hydroxyl groups is 1. The van der Waals surface area contributed by atoms with Crippen molar-refractivity contribution in [3.63, 3.8) is 0 Å². The largest absolute Gasteiger partial charge is 0.505 e. The number of nitro benzene ring substituents is 1. The molecule has 11 nitrogen and oxygen atoms in total. The van der Waals surface area contributed by atoms with Gasteiger partial charge in [0, 0.05) is 35.8 Å². The predicted octanol–water partition coefficient (Wildman–Crippen LogP) is 5.88. The summed E-state index contributed by atoms with van der Waals surface area (Å²) in [7, 11) is 1.51. The van der Waals surface area contributed by atoms with Crippen molar-refractivity contribution >= 4 is 45.3 Å². The van der Waals surface area contributed by atoms with Crippen LogP contribution in [0.1, 0.15) is 27.6 Å². The molecule has 0 saturated heterocycles. The summed E-state index contributed by atoms with van der Waals surface area (Å²) in [6.45, 7) is 2.15. The fourth-order valence-corrected chi connectivity index (χ4v) is 3.75. The molecule has 192 valence electrons. The third-order valence-corrected chi connectivity index (χ3v) is 5.56. The zero-order valence-corrected chi connectivity index (χ0v) is 20.5. The van der Waals surface area contributed by atoms with Gasteiger partial charge >= 0.3 is 0 Å². The number of phenolic OH excluding ortho intramolecular Hbond substituents is 1. The number of ether oxygens (including phenoxy) is 1. The van der Waals surface area contributed by atoms with Crippen LogP contribution in [0.2, 0.25) is 0 Å². The molecule has 3 N–H and O–H groups in total. The first-order chi connectivity index (χ1) is 18.3. The molecule has 0 aliphatic carbocycles. The molecule has 4 rings (SSSR count). The summed E-state index contributed by atoms with van der Waals surface area (Å²) in [5, 5.41) is 36.9. The van der Waals surface area contributed by atoms with Crippen LogP contribution in [0, 0.1) is 10.1 Å². The molecule has 11 heteroatoms. The Labute approximate surface area is 216 Å². The number of rotatable bonds is 8. The van der Waals surface area contributed by atoms with E-state index in [0.29, 0.717) is 28.7 Å². The van der Waals surface area contributed by atoms with Gasteiger partial charge in [-0.3, -0.25) is 19.7 Å². The molecule has 0 aromatic heterocycles. The monoisotopic (exact) mass is 513 g/mol. The standard InChI is InChI=1S/C27H23N5O6/c1-3-38-23-12-11-17(26(34)28-2)14-22(23)30-31-24-20-10-5-4-7-16(20)13-21(25(24)33)27(35)29-18-8-6-9-19(15-18)32(36)37/h4-15,33H,3H2,1-2H3,(H,28,34)(H,29,35)/b31-30+. The Kier molecular flexibility index (Phi) is 7.57. The van der Waals surface area contributed by atoms with E-state index in [4.69, 9.17) is 4.74 Å². The topological polar surface area (TPSA) is 156 Å². The fourth-order valence-electron chi connectivity index (χ4n) is 3.75. The van der Waals surface area contributed by atoms with Crippen molar-refractivity contribution in [3.8, 4) is 11.5 Å². The third-order valence-electron chi connectivity index (χ3n) is 5.56. The number of amides is 2. The van der Waals surface area contributed by atoms with Gasteiger partial charge in [0.05, 0.1) is 17.1 Å². The van der Waals surface area contributed by atoms with E-state index in [-0.39, 0.29) is 34.2 Å². The zero-order valence-electron chi connectivity index (χ0n) is 20.5. The summed E-state index contributed by atoms with van der Waals surface area (Å²) in [5.41, 5.74) is 0.511. The van der Waals surface area contributed by atoms with Gasteiger partial charge in [0.25, 0.3) is 17.5 Å². The van der Waals surface area contributed by atoms with Crippen LogP contribution in [0.3, 0.4) is 0 Å². The molecule has 0 unspecified atom stereocenters. The van der Waals surface area contributed by atoms with Crippen LogP contribution < -0.4 is 15.4 Å². The summed E-state index contributed by atoms with van der Waals surface area (Å²) >= 11 is 0. The molecule has 0 bridgehead atoms. The highest BCUT2D eigenvalue weighted by molar-refractivity contribution is 6.11. The minimum atomic E-state index is -0.693. The number of nitro groups is 1. The number of carbonyl (C=O) groups excluding carboxylic acids is 2. The second-order valence-electron chi connectivity index (χ2n) is 8.00. The maximum atomic E-state index is 13.1. The Morgan fingerprint density at radius 2 is 1.79 bits per heavy atom. The number of nitrogens with zero attached hydrogens (tertiary/aromatic N) is 3. The van der Waals surface area contributed by atoms with Gasteiger partial charge < -0.3 is 20.5 Å². The highest BCUT2D eigenvalue weighted by Gasteiger charge is 2.20. The SMILES string of the molecule is CCOc1ccc(C(=O)NC)cc1/N=N/c1c(O)c(C(=O)Nc2cccc([N+](=O)[O-])c2)cc2ccccc12. The van der Waals surface area contributed by atoms with Crippen molar-refractivity contribution in [3.05, 3.63) is 94.0 Å². The maximum Gasteiger partial charge on any atom is 0.271 e. The van der Waals surface area contributed by atoms with E-state index in [1.165, 1.54) is 43.4 Å². The molecule has 0 spiro atoms. The van der Waals surface area contributed by atoms with E-state index in [1.807, 2.05) is 0 Å². The second-order valence-corrected chi connectivity index (χ2v) is 8.00. The first-order valence-electron chi connectivity index (χ1n) is 11.5. The van der Waals surface area contributed by atoms with Crippen LogP contribution in [-0.4, -0.2) is 35.5 Å². The summed E-state index contributed by atoms with van der Waals surface area (Å²) in [6, 6.07) is 18.6. The average Bonchev–Trinajstić information content (AvgIpc) is 2.92. The van der Waals surface area contributed by atoms with Crippen molar-refractivity contribution in [2.75, 3.05) is 19.0 Å². The number of anilines is 1. The van der Waals surface area contributed by atoms with Crippen molar-refractivity contribution in [1.82, 2.24) is 5.32 Å². The molecule has 0 fully saturated rings. The Balaban J connectivity index is 1.78. The van der Waals surface area contributed by atoms with E-state index >= 15 is 0 Å². The summed E-state index contributed by atoms with van der Waals surface area (Å²) < 4.78 is 5.61. The number of hydrogen-bond donors (Lipinski definition) is 3. The highest BCUT2D eigenvalue weighted by Crippen LogP contribution is 2.40. The number of benzene rings is 4. The van der Waals surface area contributed by atoms with Crippen molar-refractivity contribution in [2.24, 2.45) is 10.2 Å². The lowest BCUT2D eigenvalue weighted by Gasteiger charge is -2.12. The van der Waals surface area contributed by atoms with Crippen LogP contribution in [-0.2, 0) is 0 Å². The molecule has 0 saturated carbocycles. The first-order valence-corrected chi connectivity index (χ1v) is 11.5. The average molecular weight is 514 g/mol. The fraction of sp³-hybridized carbons (Fsp3) is 0.111. The highest BCUT2D eigenvalue weighted by atomic mass is 16.6. The van der Waals surface area contributed by atoms with Crippen molar-refractivity contribution in [2.45, 2.75) is 6.92 Å². The number of nitrogens with one attached hydrogen (secondary N) is 2. The smallest absolute Gasteiger partial charge is 0.271 e. The van der Waals surface area contributed by atoms with E-state index in [1.54, 1.807) is 43.3 Å². The lowest BCUT2D eigenvalue weighted by molar-refractivity contribution is -0.384. The molecule has 0 atom stereocenters. The molecule has 0 radical (unpaired) electrons.